The lowest BCUT2D eigenvalue weighted by atomic mass is 10.0. The maximum absolute atomic E-state index is 14.2. The molecule has 3 heterocycles. The molecule has 2 aromatic heterocycles. The van der Waals surface area contributed by atoms with Crippen LogP contribution in [-0.4, -0.2) is 48.4 Å². The van der Waals surface area contributed by atoms with Gasteiger partial charge in [-0.05, 0) is 0 Å². The number of aromatic nitrogens is 3. The fraction of sp³-hybridized carbons (Fsp3) is 0.500. The first-order chi connectivity index (χ1) is 9.48. The summed E-state index contributed by atoms with van der Waals surface area (Å²) < 4.78 is 20.8. The summed E-state index contributed by atoms with van der Waals surface area (Å²) >= 11 is 0. The first-order valence-electron chi connectivity index (χ1n) is 6.14. The van der Waals surface area contributed by atoms with Crippen LogP contribution in [0.4, 0.5) is 4.39 Å². The fourth-order valence-electron chi connectivity index (χ4n) is 2.47. The number of fused-ring (bicyclic) bond motifs is 1. The van der Waals surface area contributed by atoms with E-state index in [-0.39, 0.29) is 11.3 Å². The number of imidazole rings is 1. The first kappa shape index (κ1) is 13.2. The van der Waals surface area contributed by atoms with Gasteiger partial charge in [0, 0.05) is 18.2 Å². The van der Waals surface area contributed by atoms with Crippen LogP contribution >= 0.6 is 0 Å². The Balaban J connectivity index is 2.06. The molecule has 108 valence electrons. The van der Waals surface area contributed by atoms with E-state index in [0.29, 0.717) is 5.65 Å². The number of pyridine rings is 1. The largest absolute Gasteiger partial charge is 0.505 e. The molecule has 0 spiro atoms. The summed E-state index contributed by atoms with van der Waals surface area (Å²) in [5.41, 5.74) is 0.578. The molecule has 0 saturated carbocycles. The Bertz CT molecular complexity index is 649. The minimum atomic E-state index is -2.52. The third-order valence-electron chi connectivity index (χ3n) is 3.64. The van der Waals surface area contributed by atoms with Crippen LogP contribution in [0.15, 0.2) is 18.6 Å². The molecule has 0 aromatic carbocycles. The van der Waals surface area contributed by atoms with E-state index in [0.717, 1.165) is 0 Å². The van der Waals surface area contributed by atoms with Gasteiger partial charge in [0.05, 0.1) is 6.33 Å². The van der Waals surface area contributed by atoms with Crippen molar-refractivity contribution in [1.29, 1.82) is 0 Å². The summed E-state index contributed by atoms with van der Waals surface area (Å²) in [6.45, 7) is 0.654. The van der Waals surface area contributed by atoms with Crippen LogP contribution < -0.4 is 0 Å². The molecule has 1 aliphatic heterocycles. The smallest absolute Gasteiger partial charge is 0.260 e. The summed E-state index contributed by atoms with van der Waals surface area (Å²) in [4.78, 5) is 8.07. The Morgan fingerprint density at radius 2 is 2.25 bits per heavy atom. The van der Waals surface area contributed by atoms with Crippen molar-refractivity contribution in [2.75, 3.05) is 6.61 Å². The maximum Gasteiger partial charge on any atom is 0.260 e. The number of rotatable bonds is 2. The van der Waals surface area contributed by atoms with Gasteiger partial charge in [-0.15, -0.1) is 0 Å². The molecule has 1 aliphatic rings. The normalized spacial score (nSPS) is 33.9. The number of nitrogens with zero attached hydrogens (tertiary/aromatic N) is 3. The van der Waals surface area contributed by atoms with Crippen LogP contribution in [0, 0.1) is 5.92 Å². The standard InChI is InChI=1S/C12H14FN3O4/c1-6-9(19)12(13,4-17)20-11(6)16-5-15-8-7(18)2-3-14-10(8)16/h2-3,5-6,9,11,17,19H,4H2,1H3,(H,14,18)/t6-,9-,11+,12+/m0/s1. The van der Waals surface area contributed by atoms with Crippen molar-refractivity contribution >= 4 is 11.2 Å². The van der Waals surface area contributed by atoms with E-state index in [4.69, 9.17) is 9.84 Å². The summed E-state index contributed by atoms with van der Waals surface area (Å²) in [5, 5.41) is 28.6. The predicted molar refractivity (Wildman–Crippen MR) is 65.4 cm³/mol. The third-order valence-corrected chi connectivity index (χ3v) is 3.64. The van der Waals surface area contributed by atoms with Crippen LogP contribution in [-0.2, 0) is 4.74 Å². The molecule has 0 amide bonds. The summed E-state index contributed by atoms with van der Waals surface area (Å²) in [6, 6.07) is 1.39. The molecular weight excluding hydrogens is 269 g/mol. The van der Waals surface area contributed by atoms with Gasteiger partial charge in [-0.2, -0.15) is 0 Å². The van der Waals surface area contributed by atoms with Gasteiger partial charge < -0.3 is 20.1 Å². The molecule has 0 bridgehead atoms. The van der Waals surface area contributed by atoms with E-state index < -0.39 is 30.7 Å². The zero-order valence-electron chi connectivity index (χ0n) is 10.6. The van der Waals surface area contributed by atoms with Crippen molar-refractivity contribution in [3.8, 4) is 5.75 Å². The molecule has 0 unspecified atom stereocenters. The van der Waals surface area contributed by atoms with Crippen LogP contribution in [0.5, 0.6) is 5.75 Å². The molecular formula is C12H14FN3O4. The molecule has 3 rings (SSSR count). The average molecular weight is 283 g/mol. The SMILES string of the molecule is C[C@@H]1[C@H](n2cnc3c(O)ccnc32)O[C@](F)(CO)[C@H]1O. The second kappa shape index (κ2) is 4.37. The van der Waals surface area contributed by atoms with E-state index >= 15 is 0 Å². The highest BCUT2D eigenvalue weighted by atomic mass is 19.2. The highest BCUT2D eigenvalue weighted by Gasteiger charge is 2.54. The van der Waals surface area contributed by atoms with Crippen molar-refractivity contribution in [3.63, 3.8) is 0 Å². The van der Waals surface area contributed by atoms with Crippen molar-refractivity contribution in [3.05, 3.63) is 18.6 Å². The number of aromatic hydroxyl groups is 1. The first-order valence-corrected chi connectivity index (χ1v) is 6.14. The molecule has 7 nitrogen and oxygen atoms in total. The van der Waals surface area contributed by atoms with Gasteiger partial charge in [-0.1, -0.05) is 6.92 Å². The summed E-state index contributed by atoms with van der Waals surface area (Å²) in [6.07, 6.45) is 0.406. The lowest BCUT2D eigenvalue weighted by Crippen LogP contribution is -2.39. The van der Waals surface area contributed by atoms with E-state index in [1.165, 1.54) is 23.2 Å². The fourth-order valence-corrected chi connectivity index (χ4v) is 2.47. The Labute approximate surface area is 113 Å². The van der Waals surface area contributed by atoms with Gasteiger partial charge in [0.25, 0.3) is 5.85 Å². The zero-order valence-corrected chi connectivity index (χ0v) is 10.6. The quantitative estimate of drug-likeness (QED) is 0.734. The Morgan fingerprint density at radius 1 is 1.50 bits per heavy atom. The number of hydrogen-bond donors (Lipinski definition) is 3. The predicted octanol–water partition coefficient (Wildman–Crippen LogP) is 0.321. The number of halogens is 1. The lowest BCUT2D eigenvalue weighted by molar-refractivity contribution is -0.206. The number of aliphatic hydroxyl groups excluding tert-OH is 2. The van der Waals surface area contributed by atoms with Gasteiger partial charge in [0.15, 0.2) is 5.65 Å². The monoisotopic (exact) mass is 283 g/mol. The molecule has 2 aromatic rings. The minimum Gasteiger partial charge on any atom is -0.505 e. The summed E-state index contributed by atoms with van der Waals surface area (Å²) in [5.74, 6) is -3.18. The molecule has 0 radical (unpaired) electrons. The molecule has 3 N–H and O–H groups in total. The van der Waals surface area contributed by atoms with Gasteiger partial charge >= 0.3 is 0 Å². The van der Waals surface area contributed by atoms with Gasteiger partial charge in [-0.3, -0.25) is 4.57 Å². The van der Waals surface area contributed by atoms with Gasteiger partial charge in [-0.25, -0.2) is 14.4 Å². The zero-order chi connectivity index (χ0) is 14.5. The Kier molecular flexibility index (Phi) is 2.89. The average Bonchev–Trinajstić information content (AvgIpc) is 2.96. The van der Waals surface area contributed by atoms with Crippen molar-refractivity contribution < 1.29 is 24.4 Å². The second-order valence-electron chi connectivity index (χ2n) is 4.91. The van der Waals surface area contributed by atoms with Crippen LogP contribution in [0.1, 0.15) is 13.2 Å². The molecule has 1 fully saturated rings. The van der Waals surface area contributed by atoms with E-state index in [9.17, 15) is 14.6 Å². The molecule has 0 aliphatic carbocycles. The van der Waals surface area contributed by atoms with Crippen LogP contribution in [0.25, 0.3) is 11.2 Å². The van der Waals surface area contributed by atoms with Crippen LogP contribution in [0.3, 0.4) is 0 Å². The topological polar surface area (TPSA) is 101 Å². The van der Waals surface area contributed by atoms with Gasteiger partial charge in [0.1, 0.15) is 30.2 Å². The third kappa shape index (κ3) is 1.69. The van der Waals surface area contributed by atoms with Gasteiger partial charge in [0.2, 0.25) is 0 Å². The van der Waals surface area contributed by atoms with E-state index in [1.807, 2.05) is 0 Å². The molecule has 1 saturated heterocycles. The molecule has 20 heavy (non-hydrogen) atoms. The number of aliphatic hydroxyl groups is 2. The Morgan fingerprint density at radius 3 is 2.90 bits per heavy atom. The van der Waals surface area contributed by atoms with Crippen molar-refractivity contribution in [2.45, 2.75) is 25.1 Å². The number of hydrogen-bond acceptors (Lipinski definition) is 6. The summed E-state index contributed by atoms with van der Waals surface area (Å²) in [7, 11) is 0. The maximum atomic E-state index is 14.2. The number of ether oxygens (including phenoxy) is 1. The van der Waals surface area contributed by atoms with Crippen LogP contribution in [0.2, 0.25) is 0 Å². The van der Waals surface area contributed by atoms with Crippen molar-refractivity contribution in [2.24, 2.45) is 5.92 Å². The molecule has 4 atom stereocenters. The number of alkyl halides is 1. The van der Waals surface area contributed by atoms with E-state index in [2.05, 4.69) is 9.97 Å². The highest BCUT2D eigenvalue weighted by Crippen LogP contribution is 2.43. The minimum absolute atomic E-state index is 0.0476. The Hall–Kier alpha value is -1.77. The molecule has 8 heteroatoms. The second-order valence-corrected chi connectivity index (χ2v) is 4.91. The lowest BCUT2D eigenvalue weighted by Gasteiger charge is -2.20. The van der Waals surface area contributed by atoms with E-state index in [1.54, 1.807) is 6.92 Å². The van der Waals surface area contributed by atoms with Crippen molar-refractivity contribution in [1.82, 2.24) is 14.5 Å². The highest BCUT2D eigenvalue weighted by molar-refractivity contribution is 5.77.